The molecule has 4 atom stereocenters. The van der Waals surface area contributed by atoms with E-state index in [1.807, 2.05) is 150 Å². The predicted molar refractivity (Wildman–Crippen MR) is 288 cm³/mol. The molecule has 388 valence electrons. The Bertz CT molecular complexity index is 2800. The number of rotatable bonds is 17. The first-order chi connectivity index (χ1) is 36.1. The summed E-state index contributed by atoms with van der Waals surface area (Å²) >= 11 is 0. The number of halogens is 2. The van der Waals surface area contributed by atoms with Crippen LogP contribution in [0.1, 0.15) is 90.2 Å². The van der Waals surface area contributed by atoms with Crippen molar-refractivity contribution in [3.8, 4) is 6.07 Å². The van der Waals surface area contributed by atoms with Gasteiger partial charge in [-0.1, -0.05) is 158 Å². The van der Waals surface area contributed by atoms with Gasteiger partial charge in [-0.2, -0.15) is 10.5 Å². The van der Waals surface area contributed by atoms with E-state index in [1.54, 1.807) is 4.90 Å². The largest absolute Gasteiger partial charge is 1.00 e. The van der Waals surface area contributed by atoms with E-state index in [2.05, 4.69) is 50.6 Å². The second-order valence-electron chi connectivity index (χ2n) is 18.7. The van der Waals surface area contributed by atoms with Gasteiger partial charge in [0.05, 0.1) is 23.9 Å². The summed E-state index contributed by atoms with van der Waals surface area (Å²) in [5.41, 5.74) is 19.5. The molecule has 1 N–H and O–H groups in total. The number of carbonyl (C=O) groups is 2. The number of tetrazole rings is 1. The Hall–Kier alpha value is -7.09. The molecule has 2 aliphatic heterocycles. The van der Waals surface area contributed by atoms with Gasteiger partial charge in [-0.15, -0.1) is 10.2 Å². The minimum absolute atomic E-state index is 0. The maximum atomic E-state index is 14.2. The average Bonchev–Trinajstić information content (AvgIpc) is 4.23. The second kappa shape index (κ2) is 30.5. The summed E-state index contributed by atoms with van der Waals surface area (Å²) in [6.45, 7) is 2.84. The number of nitrogens with zero attached hydrogens (tertiary/aromatic N) is 11. The van der Waals surface area contributed by atoms with E-state index in [-0.39, 0.29) is 78.6 Å². The van der Waals surface area contributed by atoms with Gasteiger partial charge >= 0.3 is 29.6 Å². The van der Waals surface area contributed by atoms with Crippen LogP contribution in [0.25, 0.3) is 16.0 Å². The number of likely N-dealkylation sites (N-methyl/N-ethyl adjacent to an activating group) is 2. The van der Waals surface area contributed by atoms with E-state index >= 15 is 0 Å². The number of aromatic amines is 1. The molecule has 6 aromatic carbocycles. The number of benzene rings is 6. The molecule has 0 bridgehead atoms. The Kier molecular flexibility index (Phi) is 24.0. The average molecular weight is 1040 g/mol. The summed E-state index contributed by atoms with van der Waals surface area (Å²) < 4.78 is 26.3. The Labute approximate surface area is 467 Å². The molecule has 76 heavy (non-hydrogen) atoms. The number of carbonyl (C=O) groups excluding carboxylic acids is 2. The normalized spacial score (nSPS) is 16.6. The SMILES string of the molecule is C.CN(CCCc1ccc(F)cc1)[C@H]1C[C@@H](C#N)N(C(=O)C(c2ccccc2)c2ccccc2)C1.CN(CCCc1ccc(F)cc1)[C@H]1C[C@@H](c2nn[nH]n2)N(C(=O)C(c2ccccc2)c2ccccc2)C1.[N-]=[N+]=[N-].[Na+]. The van der Waals surface area contributed by atoms with E-state index < -0.39 is 17.9 Å². The Morgan fingerprint density at radius 2 is 1.01 bits per heavy atom. The van der Waals surface area contributed by atoms with Crippen molar-refractivity contribution in [2.24, 2.45) is 0 Å². The van der Waals surface area contributed by atoms with E-state index in [9.17, 15) is 23.6 Å². The van der Waals surface area contributed by atoms with E-state index in [0.717, 1.165) is 78.6 Å². The fraction of sp³-hybridized carbons (Fsp3) is 0.322. The molecule has 2 saturated heterocycles. The fourth-order valence-electron chi connectivity index (χ4n) is 10.0. The quantitative estimate of drug-likeness (QED) is 0.0413. The van der Waals surface area contributed by atoms with Crippen molar-refractivity contribution in [2.45, 2.75) is 82.0 Å². The van der Waals surface area contributed by atoms with Crippen LogP contribution >= 0.6 is 0 Å². The molecule has 14 nitrogen and oxygen atoms in total. The molecule has 7 aromatic rings. The first-order valence-corrected chi connectivity index (χ1v) is 24.9. The molecule has 0 spiro atoms. The van der Waals surface area contributed by atoms with Crippen molar-refractivity contribution in [2.75, 3.05) is 40.3 Å². The molecule has 2 aliphatic rings. The van der Waals surface area contributed by atoms with Gasteiger partial charge in [0, 0.05) is 25.2 Å². The number of H-pyrrole nitrogens is 1. The maximum Gasteiger partial charge on any atom is 1.00 e. The number of nitriles is 1. The number of amides is 2. The van der Waals surface area contributed by atoms with Crippen LogP contribution in [0.5, 0.6) is 0 Å². The van der Waals surface area contributed by atoms with Crippen molar-refractivity contribution in [1.82, 2.24) is 40.2 Å². The number of aryl methyl sites for hydroxylation is 2. The Morgan fingerprint density at radius 1 is 0.645 bits per heavy atom. The van der Waals surface area contributed by atoms with Gasteiger partial charge in [0.15, 0.2) is 5.82 Å². The molecular weight excluding hydrogens is 970 g/mol. The van der Waals surface area contributed by atoms with E-state index in [4.69, 9.17) is 11.1 Å². The minimum Gasteiger partial charge on any atom is -0.373 e. The van der Waals surface area contributed by atoms with Crippen molar-refractivity contribution in [1.29, 1.82) is 5.26 Å². The number of hydrogen-bond acceptors (Lipinski definition) is 8. The molecule has 2 amide bonds. The molecule has 1 aromatic heterocycles. The predicted octanol–water partition coefficient (Wildman–Crippen LogP) is 7.90. The van der Waals surface area contributed by atoms with Gasteiger partial charge in [-0.25, -0.2) is 8.78 Å². The first kappa shape index (κ1) is 59.8. The third-order valence-electron chi connectivity index (χ3n) is 14.0. The van der Waals surface area contributed by atoms with Crippen LogP contribution in [0.4, 0.5) is 8.78 Å². The molecule has 3 heterocycles. The zero-order chi connectivity index (χ0) is 52.2. The molecule has 0 unspecified atom stereocenters. The van der Waals surface area contributed by atoms with Gasteiger partial charge in [-0.3, -0.25) is 14.5 Å². The maximum absolute atomic E-state index is 14.2. The Balaban J connectivity index is 0.000000261. The summed E-state index contributed by atoms with van der Waals surface area (Å²) in [5.74, 6) is -0.729. The van der Waals surface area contributed by atoms with Crippen molar-refractivity contribution in [3.05, 3.63) is 237 Å². The number of likely N-dealkylation sites (tertiary alicyclic amines) is 2. The third-order valence-corrected chi connectivity index (χ3v) is 14.0. The molecule has 0 saturated carbocycles. The third kappa shape index (κ3) is 16.2. The monoisotopic (exact) mass is 1030 g/mol. The standard InChI is InChI=1S/C29H31FN6O.C29H30FN3O.CH4.N3.Na/c1-35(18-8-9-21-14-16-24(30)17-15-21)25-19-26(28-31-33-34-32-28)36(20-25)29(37)27(22-10-4-2-5-11-22)23-12-6-3-7-13-23;1-32(18-8-9-22-14-16-25(30)17-15-22)27-19-26(20-31)33(21-27)29(34)28(23-10-4-2-5-11-23)24-12-6-3-7-13-24;;1-3-2;/h2-7,10-17,25-27H,8-9,18-20H2,1H3,(H,31,32,33,34);2-7,10-17,26-28H,8-9,18-19,21H2,1H3;1H4;;/q;;;-1;+1/t25-,26-;26-,27-;;;/m00.../s1. The Morgan fingerprint density at radius 3 is 1.38 bits per heavy atom. The summed E-state index contributed by atoms with van der Waals surface area (Å²) in [6, 6.07) is 54.7. The van der Waals surface area contributed by atoms with Crippen LogP contribution in [0, 0.1) is 23.0 Å². The van der Waals surface area contributed by atoms with Crippen molar-refractivity contribution >= 4 is 11.8 Å². The van der Waals surface area contributed by atoms with Gasteiger partial charge in [0.1, 0.15) is 17.7 Å². The first-order valence-electron chi connectivity index (χ1n) is 24.9. The smallest absolute Gasteiger partial charge is 0.373 e. The molecule has 17 heteroatoms. The van der Waals surface area contributed by atoms with Crippen LogP contribution in [0.15, 0.2) is 170 Å². The molecule has 0 aliphatic carbocycles. The summed E-state index contributed by atoms with van der Waals surface area (Å²) in [6.07, 6.45) is 4.99. The topological polar surface area (TPSA) is 184 Å². The van der Waals surface area contributed by atoms with Crippen LogP contribution < -0.4 is 29.6 Å². The molecular formula is C59H65F2N12NaO2. The van der Waals surface area contributed by atoms with Gasteiger partial charge in [-0.05, 0) is 123 Å². The summed E-state index contributed by atoms with van der Waals surface area (Å²) in [5, 5.41) is 24.7. The second-order valence-corrected chi connectivity index (χ2v) is 18.7. The number of aromatic nitrogens is 4. The minimum atomic E-state index is -0.438. The molecule has 9 rings (SSSR count). The van der Waals surface area contributed by atoms with E-state index in [0.29, 0.717) is 25.3 Å². The zero-order valence-electron chi connectivity index (χ0n) is 42.7. The van der Waals surface area contributed by atoms with E-state index in [1.165, 1.54) is 29.2 Å². The molecule has 2 fully saturated rings. The van der Waals surface area contributed by atoms with Crippen LogP contribution in [0.3, 0.4) is 0 Å². The number of hydrogen-bond donors (Lipinski definition) is 1. The summed E-state index contributed by atoms with van der Waals surface area (Å²) in [7, 11) is 4.16. The van der Waals surface area contributed by atoms with Crippen molar-refractivity contribution < 1.29 is 47.9 Å². The van der Waals surface area contributed by atoms with Crippen LogP contribution in [-0.4, -0.2) is 110 Å². The zero-order valence-corrected chi connectivity index (χ0v) is 44.7. The van der Waals surface area contributed by atoms with Gasteiger partial charge in [0.2, 0.25) is 11.8 Å². The fourth-order valence-corrected chi connectivity index (χ4v) is 10.0. The van der Waals surface area contributed by atoms with Crippen molar-refractivity contribution in [3.63, 3.8) is 0 Å². The van der Waals surface area contributed by atoms with Crippen LogP contribution in [0.2, 0.25) is 0 Å². The molecule has 0 radical (unpaired) electrons. The summed E-state index contributed by atoms with van der Waals surface area (Å²) in [4.78, 5) is 37.8. The number of nitrogens with one attached hydrogen (secondary N) is 1. The van der Waals surface area contributed by atoms with Gasteiger partial charge < -0.3 is 30.7 Å². The van der Waals surface area contributed by atoms with Crippen LogP contribution in [-0.2, 0) is 22.4 Å². The van der Waals surface area contributed by atoms with Gasteiger partial charge in [0.25, 0.3) is 0 Å².